The van der Waals surface area contributed by atoms with Gasteiger partial charge in [0, 0.05) is 17.8 Å². The number of methoxy groups -OCH3 is 2. The van der Waals surface area contributed by atoms with Crippen molar-refractivity contribution in [2.45, 2.75) is 6.04 Å². The Morgan fingerprint density at radius 2 is 2.17 bits per heavy atom. The minimum Gasteiger partial charge on any atom is -0.497 e. The van der Waals surface area contributed by atoms with E-state index in [1.807, 2.05) is 6.07 Å². The van der Waals surface area contributed by atoms with Gasteiger partial charge in [-0.2, -0.15) is 4.91 Å². The van der Waals surface area contributed by atoms with Crippen LogP contribution in [0.25, 0.3) is 0 Å². The summed E-state index contributed by atoms with van der Waals surface area (Å²) in [6, 6.07) is 4.90. The van der Waals surface area contributed by atoms with Crippen molar-refractivity contribution in [2.75, 3.05) is 26.6 Å². The molecule has 1 aromatic carbocycles. The van der Waals surface area contributed by atoms with Crippen LogP contribution in [0.3, 0.4) is 0 Å². The van der Waals surface area contributed by atoms with E-state index in [0.29, 0.717) is 11.5 Å². The summed E-state index contributed by atoms with van der Waals surface area (Å²) >= 11 is 5.54. The second-order valence-electron chi connectivity index (χ2n) is 3.52. The van der Waals surface area contributed by atoms with E-state index in [4.69, 9.17) is 21.1 Å². The Bertz CT molecular complexity index is 424. The van der Waals surface area contributed by atoms with Crippen molar-refractivity contribution in [3.8, 4) is 11.5 Å². The molecule has 1 rings (SSSR count). The normalized spacial score (nSPS) is 12.4. The summed E-state index contributed by atoms with van der Waals surface area (Å²) in [5.74, 6) is 1.53. The van der Waals surface area contributed by atoms with Gasteiger partial charge in [0.1, 0.15) is 17.5 Å². The van der Waals surface area contributed by atoms with E-state index in [-0.39, 0.29) is 12.4 Å². The second-order valence-corrected chi connectivity index (χ2v) is 3.82. The molecule has 6 heteroatoms. The monoisotopic (exact) mass is 270 g/mol. The highest BCUT2D eigenvalue weighted by molar-refractivity contribution is 6.18. The van der Waals surface area contributed by atoms with Crippen LogP contribution in [0.1, 0.15) is 5.56 Å². The van der Waals surface area contributed by atoms with Gasteiger partial charge in [0.15, 0.2) is 0 Å². The summed E-state index contributed by atoms with van der Waals surface area (Å²) < 4.78 is 10.3. The van der Waals surface area contributed by atoms with Crippen LogP contribution in [0.4, 0.5) is 0 Å². The number of hydrogen-bond donors (Lipinski definition) is 0. The second kappa shape index (κ2) is 7.66. The number of nitrogens with zero attached hydrogens (tertiary/aromatic N) is 2. The first-order chi connectivity index (χ1) is 8.74. The molecule has 0 bridgehead atoms. The molecule has 0 unspecified atom stereocenters. The number of ether oxygens (including phenoxy) is 2. The molecule has 1 atom stereocenters. The van der Waals surface area contributed by atoms with Crippen LogP contribution < -0.4 is 9.47 Å². The maximum absolute atomic E-state index is 10.3. The summed E-state index contributed by atoms with van der Waals surface area (Å²) in [6.07, 6.45) is 1.63. The lowest BCUT2D eigenvalue weighted by molar-refractivity contribution is 0.394. The van der Waals surface area contributed by atoms with Gasteiger partial charge in [-0.15, -0.1) is 11.6 Å². The predicted molar refractivity (Wildman–Crippen MR) is 72.3 cm³/mol. The number of benzene rings is 1. The molecule has 0 heterocycles. The molecule has 0 fully saturated rings. The van der Waals surface area contributed by atoms with E-state index in [2.05, 4.69) is 10.2 Å². The predicted octanol–water partition coefficient (Wildman–Crippen LogP) is 2.50. The van der Waals surface area contributed by atoms with Crippen LogP contribution in [0.5, 0.6) is 11.5 Å². The van der Waals surface area contributed by atoms with Crippen molar-refractivity contribution in [1.82, 2.24) is 0 Å². The molecule has 0 saturated heterocycles. The third-order valence-corrected chi connectivity index (χ3v) is 2.67. The van der Waals surface area contributed by atoms with Crippen molar-refractivity contribution < 1.29 is 9.47 Å². The van der Waals surface area contributed by atoms with Crippen LogP contribution in [0.2, 0.25) is 0 Å². The van der Waals surface area contributed by atoms with Crippen LogP contribution in [0, 0.1) is 4.91 Å². The SMILES string of the molecule is COc1ccc(C=NC[C@@H](CCl)N=O)c(OC)c1. The van der Waals surface area contributed by atoms with Crippen molar-refractivity contribution >= 4 is 17.8 Å². The van der Waals surface area contributed by atoms with Crippen molar-refractivity contribution in [1.29, 1.82) is 0 Å². The summed E-state index contributed by atoms with van der Waals surface area (Å²) in [5.41, 5.74) is 0.803. The molecule has 0 saturated carbocycles. The third-order valence-electron chi connectivity index (χ3n) is 2.31. The van der Waals surface area contributed by atoms with Gasteiger partial charge >= 0.3 is 0 Å². The van der Waals surface area contributed by atoms with E-state index in [9.17, 15) is 4.91 Å². The van der Waals surface area contributed by atoms with Gasteiger partial charge in [0.25, 0.3) is 0 Å². The topological polar surface area (TPSA) is 60.2 Å². The Hall–Kier alpha value is -1.62. The van der Waals surface area contributed by atoms with Gasteiger partial charge in [0.05, 0.1) is 26.6 Å². The van der Waals surface area contributed by atoms with Crippen molar-refractivity contribution in [2.24, 2.45) is 10.2 Å². The molecule has 1 aromatic rings. The number of rotatable bonds is 7. The highest BCUT2D eigenvalue weighted by Gasteiger charge is 2.05. The number of nitroso groups, excluding NO2 is 1. The molecule has 0 aromatic heterocycles. The smallest absolute Gasteiger partial charge is 0.131 e. The average Bonchev–Trinajstić information content (AvgIpc) is 2.43. The van der Waals surface area contributed by atoms with E-state index in [0.717, 1.165) is 5.56 Å². The van der Waals surface area contributed by atoms with Crippen molar-refractivity contribution in [3.63, 3.8) is 0 Å². The molecule has 0 N–H and O–H groups in total. The van der Waals surface area contributed by atoms with Crippen molar-refractivity contribution in [3.05, 3.63) is 28.7 Å². The standard InChI is InChI=1S/C12H15ClN2O3/c1-17-11-4-3-9(12(5-11)18-2)7-14-8-10(6-13)15-16/h3-5,7,10H,6,8H2,1-2H3/t10-/m1/s1. The molecule has 5 nitrogen and oxygen atoms in total. The Kier molecular flexibility index (Phi) is 6.14. The lowest BCUT2D eigenvalue weighted by Gasteiger charge is -2.07. The molecule has 18 heavy (non-hydrogen) atoms. The average molecular weight is 271 g/mol. The van der Waals surface area contributed by atoms with Crippen LogP contribution >= 0.6 is 11.6 Å². The fraction of sp³-hybridized carbons (Fsp3) is 0.417. The Morgan fingerprint density at radius 1 is 1.39 bits per heavy atom. The number of aliphatic imine (C=N–C) groups is 1. The first-order valence-electron chi connectivity index (χ1n) is 5.35. The quantitative estimate of drug-likeness (QED) is 0.434. The molecule has 98 valence electrons. The summed E-state index contributed by atoms with van der Waals surface area (Å²) in [7, 11) is 3.16. The Morgan fingerprint density at radius 3 is 2.72 bits per heavy atom. The van der Waals surface area contributed by atoms with Crippen LogP contribution in [-0.4, -0.2) is 38.9 Å². The summed E-state index contributed by atoms with van der Waals surface area (Å²) in [4.78, 5) is 14.5. The van der Waals surface area contributed by atoms with Gasteiger partial charge in [-0.05, 0) is 12.1 Å². The van der Waals surface area contributed by atoms with E-state index in [1.165, 1.54) is 0 Å². The molecule has 0 aliphatic rings. The number of hydrogen-bond acceptors (Lipinski definition) is 5. The van der Waals surface area contributed by atoms with Gasteiger partial charge in [-0.25, -0.2) is 0 Å². The maximum atomic E-state index is 10.3. The first kappa shape index (κ1) is 14.4. The number of alkyl halides is 1. The summed E-state index contributed by atoms with van der Waals surface area (Å²) in [5, 5.41) is 2.86. The number of halogens is 1. The molecular formula is C12H15ClN2O3. The van der Waals surface area contributed by atoms with Gasteiger partial charge in [-0.1, -0.05) is 5.18 Å². The molecular weight excluding hydrogens is 256 g/mol. The zero-order valence-corrected chi connectivity index (χ0v) is 11.1. The summed E-state index contributed by atoms with van der Waals surface area (Å²) in [6.45, 7) is 0.266. The fourth-order valence-corrected chi connectivity index (χ4v) is 1.46. The molecule has 0 radical (unpaired) electrons. The highest BCUT2D eigenvalue weighted by Crippen LogP contribution is 2.23. The van der Waals surface area contributed by atoms with E-state index >= 15 is 0 Å². The highest BCUT2D eigenvalue weighted by atomic mass is 35.5. The third kappa shape index (κ3) is 4.00. The van der Waals surface area contributed by atoms with Crippen LogP contribution in [0.15, 0.2) is 28.4 Å². The van der Waals surface area contributed by atoms with Gasteiger partial charge in [-0.3, -0.25) is 4.99 Å². The van der Waals surface area contributed by atoms with E-state index in [1.54, 1.807) is 32.6 Å². The first-order valence-corrected chi connectivity index (χ1v) is 5.88. The zero-order chi connectivity index (χ0) is 13.4. The van der Waals surface area contributed by atoms with Gasteiger partial charge < -0.3 is 9.47 Å². The van der Waals surface area contributed by atoms with Crippen LogP contribution in [-0.2, 0) is 0 Å². The maximum Gasteiger partial charge on any atom is 0.131 e. The molecule has 0 aliphatic heterocycles. The minimum atomic E-state index is -0.493. The Balaban J connectivity index is 2.77. The Labute approximate surface area is 111 Å². The lowest BCUT2D eigenvalue weighted by Crippen LogP contribution is -2.09. The zero-order valence-electron chi connectivity index (χ0n) is 10.3. The largest absolute Gasteiger partial charge is 0.497 e. The lowest BCUT2D eigenvalue weighted by atomic mass is 10.2. The van der Waals surface area contributed by atoms with Gasteiger partial charge in [0.2, 0.25) is 0 Å². The molecule has 0 spiro atoms. The van der Waals surface area contributed by atoms with E-state index < -0.39 is 6.04 Å². The molecule has 0 aliphatic carbocycles. The minimum absolute atomic E-state index is 0.167. The molecule has 0 amide bonds. The fourth-order valence-electron chi connectivity index (χ4n) is 1.31.